The number of Topliss-reactive ketones (excluding diaryl/α,β-unsaturated/α-hetero) is 1. The predicted molar refractivity (Wildman–Crippen MR) is 72.9 cm³/mol. The summed E-state index contributed by atoms with van der Waals surface area (Å²) in [7, 11) is 0. The number of nitrogens with one attached hydrogen (secondary N) is 2. The van der Waals surface area contributed by atoms with Crippen molar-refractivity contribution in [1.82, 2.24) is 0 Å². The van der Waals surface area contributed by atoms with Crippen LogP contribution >= 0.6 is 0 Å². The Morgan fingerprint density at radius 2 is 2.11 bits per heavy atom. The van der Waals surface area contributed by atoms with Gasteiger partial charge in [0.25, 0.3) is 0 Å². The SMILES string of the molecule is NC(=O)c1ccc2c(c1)NCC1=C(C=CCC1=O)N2. The quantitative estimate of drug-likeness (QED) is 0.708. The minimum atomic E-state index is -0.470. The lowest BCUT2D eigenvalue weighted by Gasteiger charge is -2.13. The summed E-state index contributed by atoms with van der Waals surface area (Å²) in [5.74, 6) is -0.358. The van der Waals surface area contributed by atoms with Crippen LogP contribution in [0.2, 0.25) is 0 Å². The van der Waals surface area contributed by atoms with Crippen molar-refractivity contribution in [2.45, 2.75) is 6.42 Å². The molecule has 0 saturated carbocycles. The fourth-order valence-electron chi connectivity index (χ4n) is 2.25. The lowest BCUT2D eigenvalue weighted by molar-refractivity contribution is -0.114. The first-order chi connectivity index (χ1) is 9.15. The number of benzene rings is 1. The monoisotopic (exact) mass is 255 g/mol. The fourth-order valence-corrected chi connectivity index (χ4v) is 2.25. The number of hydrogen-bond acceptors (Lipinski definition) is 4. The average Bonchev–Trinajstić information content (AvgIpc) is 2.57. The van der Waals surface area contributed by atoms with E-state index in [1.807, 2.05) is 12.2 Å². The van der Waals surface area contributed by atoms with Crippen LogP contribution in [-0.4, -0.2) is 18.2 Å². The van der Waals surface area contributed by atoms with E-state index < -0.39 is 5.91 Å². The van der Waals surface area contributed by atoms with Gasteiger partial charge in [-0.05, 0) is 24.3 Å². The summed E-state index contributed by atoms with van der Waals surface area (Å²) in [6.07, 6.45) is 4.19. The van der Waals surface area contributed by atoms with Gasteiger partial charge in [-0.15, -0.1) is 0 Å². The Morgan fingerprint density at radius 3 is 2.89 bits per heavy atom. The van der Waals surface area contributed by atoms with Gasteiger partial charge in [0, 0.05) is 29.8 Å². The third-order valence-electron chi connectivity index (χ3n) is 3.28. The summed E-state index contributed by atoms with van der Waals surface area (Å²) in [6, 6.07) is 5.14. The van der Waals surface area contributed by atoms with Crippen molar-refractivity contribution in [3.05, 3.63) is 47.2 Å². The van der Waals surface area contributed by atoms with E-state index >= 15 is 0 Å². The standard InChI is InChI=1S/C14H13N3O2/c15-14(19)8-4-5-11-12(6-8)16-7-9-10(17-11)2-1-3-13(9)18/h1-2,4-6,16-17H,3,7H2,(H2,15,19). The molecule has 5 heteroatoms. The van der Waals surface area contributed by atoms with Gasteiger partial charge in [-0.1, -0.05) is 6.08 Å². The molecule has 0 unspecified atom stereocenters. The molecule has 1 heterocycles. The first-order valence-corrected chi connectivity index (χ1v) is 6.03. The first-order valence-electron chi connectivity index (χ1n) is 6.03. The molecule has 1 aliphatic heterocycles. The number of hydrogen-bond donors (Lipinski definition) is 3. The molecule has 3 rings (SSSR count). The lowest BCUT2D eigenvalue weighted by Crippen LogP contribution is -2.16. The minimum Gasteiger partial charge on any atom is -0.379 e. The van der Waals surface area contributed by atoms with Gasteiger partial charge < -0.3 is 16.4 Å². The molecule has 2 aliphatic rings. The summed E-state index contributed by atoms with van der Waals surface area (Å²) >= 11 is 0. The second-order valence-corrected chi connectivity index (χ2v) is 4.53. The molecule has 19 heavy (non-hydrogen) atoms. The molecule has 5 nitrogen and oxygen atoms in total. The van der Waals surface area contributed by atoms with Crippen LogP contribution < -0.4 is 16.4 Å². The molecule has 0 saturated heterocycles. The van der Waals surface area contributed by atoms with E-state index in [1.165, 1.54) is 0 Å². The van der Waals surface area contributed by atoms with Gasteiger partial charge in [0.1, 0.15) is 0 Å². The summed E-state index contributed by atoms with van der Waals surface area (Å²) in [5.41, 5.74) is 8.85. The molecule has 1 amide bonds. The Hall–Kier alpha value is -2.56. The van der Waals surface area contributed by atoms with E-state index in [1.54, 1.807) is 18.2 Å². The zero-order valence-electron chi connectivity index (χ0n) is 10.2. The molecule has 0 fully saturated rings. The van der Waals surface area contributed by atoms with E-state index in [2.05, 4.69) is 10.6 Å². The molecule has 0 atom stereocenters. The largest absolute Gasteiger partial charge is 0.379 e. The van der Waals surface area contributed by atoms with Crippen LogP contribution in [-0.2, 0) is 4.79 Å². The molecule has 1 aliphatic carbocycles. The van der Waals surface area contributed by atoms with E-state index in [0.717, 1.165) is 22.6 Å². The molecule has 96 valence electrons. The normalized spacial score (nSPS) is 16.9. The summed E-state index contributed by atoms with van der Waals surface area (Å²) in [6.45, 7) is 0.445. The topological polar surface area (TPSA) is 84.2 Å². The first kappa shape index (κ1) is 11.5. The van der Waals surface area contributed by atoms with Crippen LogP contribution in [0.3, 0.4) is 0 Å². The smallest absolute Gasteiger partial charge is 0.248 e. The van der Waals surface area contributed by atoms with E-state index in [0.29, 0.717) is 18.5 Å². The fraction of sp³-hybridized carbons (Fsp3) is 0.143. The number of amides is 1. The van der Waals surface area contributed by atoms with Crippen molar-refractivity contribution >= 4 is 23.1 Å². The number of carbonyl (C=O) groups is 2. The number of ketones is 1. The van der Waals surface area contributed by atoms with Gasteiger partial charge in [-0.2, -0.15) is 0 Å². The van der Waals surface area contributed by atoms with Crippen molar-refractivity contribution in [1.29, 1.82) is 0 Å². The summed E-state index contributed by atoms with van der Waals surface area (Å²) in [4.78, 5) is 23.0. The average molecular weight is 255 g/mol. The third kappa shape index (κ3) is 1.99. The van der Waals surface area contributed by atoms with Crippen LogP contribution in [0.5, 0.6) is 0 Å². The number of fused-ring (bicyclic) bond motifs is 1. The second-order valence-electron chi connectivity index (χ2n) is 4.53. The molecule has 0 spiro atoms. The van der Waals surface area contributed by atoms with E-state index in [-0.39, 0.29) is 5.78 Å². The number of anilines is 2. The lowest BCUT2D eigenvalue weighted by atomic mass is 10.0. The van der Waals surface area contributed by atoms with E-state index in [4.69, 9.17) is 5.73 Å². The van der Waals surface area contributed by atoms with Gasteiger partial charge in [-0.3, -0.25) is 9.59 Å². The zero-order valence-corrected chi connectivity index (χ0v) is 10.2. The Morgan fingerprint density at radius 1 is 1.26 bits per heavy atom. The van der Waals surface area contributed by atoms with Gasteiger partial charge >= 0.3 is 0 Å². The van der Waals surface area contributed by atoms with Gasteiger partial charge in [-0.25, -0.2) is 0 Å². The maximum absolute atomic E-state index is 11.8. The van der Waals surface area contributed by atoms with Crippen molar-refractivity contribution in [2.24, 2.45) is 5.73 Å². The van der Waals surface area contributed by atoms with Crippen molar-refractivity contribution < 1.29 is 9.59 Å². The minimum absolute atomic E-state index is 0.112. The third-order valence-corrected chi connectivity index (χ3v) is 3.28. The maximum atomic E-state index is 11.8. The molecular weight excluding hydrogens is 242 g/mol. The van der Waals surface area contributed by atoms with Crippen LogP contribution in [0.15, 0.2) is 41.6 Å². The van der Waals surface area contributed by atoms with Gasteiger partial charge in [0.15, 0.2) is 5.78 Å². The number of nitrogens with two attached hydrogens (primary N) is 1. The summed E-state index contributed by atoms with van der Waals surface area (Å²) < 4.78 is 0. The Balaban J connectivity index is 2.00. The second kappa shape index (κ2) is 4.28. The molecule has 0 radical (unpaired) electrons. The number of carbonyl (C=O) groups excluding carboxylic acids is 2. The van der Waals surface area contributed by atoms with Gasteiger partial charge in [0.05, 0.1) is 11.4 Å². The maximum Gasteiger partial charge on any atom is 0.248 e. The van der Waals surface area contributed by atoms with Crippen LogP contribution in [0, 0.1) is 0 Å². The van der Waals surface area contributed by atoms with Crippen molar-refractivity contribution in [3.8, 4) is 0 Å². The number of rotatable bonds is 1. The number of primary amides is 1. The summed E-state index contributed by atoms with van der Waals surface area (Å²) in [5, 5.41) is 6.38. The highest BCUT2D eigenvalue weighted by atomic mass is 16.1. The van der Waals surface area contributed by atoms with Gasteiger partial charge in [0.2, 0.25) is 5.91 Å². The molecule has 4 N–H and O–H groups in total. The van der Waals surface area contributed by atoms with Crippen LogP contribution in [0.1, 0.15) is 16.8 Å². The molecule has 1 aromatic rings. The molecule has 0 bridgehead atoms. The molecular formula is C14H13N3O2. The zero-order chi connectivity index (χ0) is 13.4. The molecule has 0 aromatic heterocycles. The Labute approximate surface area is 110 Å². The van der Waals surface area contributed by atoms with Crippen LogP contribution in [0.25, 0.3) is 0 Å². The van der Waals surface area contributed by atoms with Crippen molar-refractivity contribution in [3.63, 3.8) is 0 Å². The highest BCUT2D eigenvalue weighted by Gasteiger charge is 2.21. The highest BCUT2D eigenvalue weighted by molar-refractivity contribution is 6.01. The van der Waals surface area contributed by atoms with Crippen LogP contribution in [0.4, 0.5) is 11.4 Å². The van der Waals surface area contributed by atoms with E-state index in [9.17, 15) is 9.59 Å². The highest BCUT2D eigenvalue weighted by Crippen LogP contribution is 2.30. The number of allylic oxidation sites excluding steroid dienone is 2. The predicted octanol–water partition coefficient (Wildman–Crippen LogP) is 1.41. The Bertz CT molecular complexity index is 644. The van der Waals surface area contributed by atoms with Crippen molar-refractivity contribution in [2.75, 3.05) is 17.2 Å². The molecule has 1 aromatic carbocycles. The Kier molecular flexibility index (Phi) is 2.59.